The summed E-state index contributed by atoms with van der Waals surface area (Å²) in [6, 6.07) is 22.2. The average molecular weight is 425 g/mol. The zero-order valence-electron chi connectivity index (χ0n) is 18.3. The Morgan fingerprint density at radius 2 is 1.68 bits per heavy atom. The lowest BCUT2D eigenvalue weighted by Crippen LogP contribution is -2.46. The Balaban J connectivity index is 1.45. The van der Waals surface area contributed by atoms with E-state index in [1.54, 1.807) is 12.1 Å². The summed E-state index contributed by atoms with van der Waals surface area (Å²) in [6.07, 6.45) is 0.0890. The van der Waals surface area contributed by atoms with Gasteiger partial charge in [-0.2, -0.15) is 0 Å². The second-order valence-corrected chi connectivity index (χ2v) is 8.57. The van der Waals surface area contributed by atoms with Gasteiger partial charge in [0.1, 0.15) is 0 Å². The first-order valence-corrected chi connectivity index (χ1v) is 10.5. The van der Waals surface area contributed by atoms with Crippen LogP contribution in [0.2, 0.25) is 0 Å². The number of ether oxygens (including phenoxy) is 1. The number of hydrogen-bond acceptors (Lipinski definition) is 6. The van der Waals surface area contributed by atoms with Crippen molar-refractivity contribution in [3.05, 3.63) is 77.9 Å². The Morgan fingerprint density at radius 1 is 0.968 bits per heavy atom. The number of benzene rings is 3. The van der Waals surface area contributed by atoms with E-state index in [4.69, 9.17) is 9.99 Å². The summed E-state index contributed by atoms with van der Waals surface area (Å²) in [7, 11) is 0. The molecule has 0 aliphatic heterocycles. The van der Waals surface area contributed by atoms with E-state index in [9.17, 15) is 5.11 Å². The number of fused-ring (bicyclic) bond motifs is 1. The van der Waals surface area contributed by atoms with Gasteiger partial charge in [-0.25, -0.2) is 10.7 Å². The minimum Gasteiger partial charge on any atom is -0.389 e. The molecule has 0 heterocycles. The zero-order chi connectivity index (χ0) is 22.3. The standard InChI is InChI=1S/C25H32N2O4/c1-18(20-10-12-23(13-11-20)27-31-29)30-17-24(28)16-26-25(2,3)15-19-8-9-21-6-4-5-7-22(21)14-19/h4-14,18,24,26-29H,15-17H2,1-3H3/t18?,24-/m1/s1. The lowest BCUT2D eigenvalue weighted by atomic mass is 9.93. The predicted octanol–water partition coefficient (Wildman–Crippen LogP) is 4.71. The van der Waals surface area contributed by atoms with Crippen LogP contribution in [0.25, 0.3) is 10.8 Å². The second kappa shape index (κ2) is 10.7. The number of hydrogen-bond donors (Lipinski definition) is 4. The van der Waals surface area contributed by atoms with Gasteiger partial charge in [-0.05, 0) is 61.2 Å². The third kappa shape index (κ3) is 7.02. The minimum atomic E-state index is -0.609. The van der Waals surface area contributed by atoms with Crippen LogP contribution in [0.15, 0.2) is 66.7 Å². The summed E-state index contributed by atoms with van der Waals surface area (Å²) in [4.78, 5) is 3.90. The van der Waals surface area contributed by atoms with Crippen LogP contribution in [0.3, 0.4) is 0 Å². The van der Waals surface area contributed by atoms with E-state index in [0.717, 1.165) is 12.0 Å². The molecule has 6 heteroatoms. The summed E-state index contributed by atoms with van der Waals surface area (Å²) in [5.74, 6) is 0. The first-order valence-electron chi connectivity index (χ1n) is 10.5. The molecule has 0 spiro atoms. The molecular weight excluding hydrogens is 392 g/mol. The largest absolute Gasteiger partial charge is 0.389 e. The molecule has 166 valence electrons. The quantitative estimate of drug-likeness (QED) is 0.264. The van der Waals surface area contributed by atoms with Gasteiger partial charge in [-0.3, -0.25) is 0 Å². The fourth-order valence-electron chi connectivity index (χ4n) is 3.60. The van der Waals surface area contributed by atoms with Crippen LogP contribution < -0.4 is 10.8 Å². The van der Waals surface area contributed by atoms with E-state index in [1.165, 1.54) is 16.3 Å². The topological polar surface area (TPSA) is 83.0 Å². The summed E-state index contributed by atoms with van der Waals surface area (Å²) in [6.45, 7) is 6.91. The normalized spacial score (nSPS) is 13.8. The lowest BCUT2D eigenvalue weighted by molar-refractivity contribution is -0.215. The number of aliphatic hydroxyl groups is 1. The summed E-state index contributed by atoms with van der Waals surface area (Å²) < 4.78 is 5.83. The Kier molecular flexibility index (Phi) is 8.01. The maximum atomic E-state index is 10.4. The maximum Gasteiger partial charge on any atom is 0.0898 e. The molecular formula is C25H32N2O4. The number of nitrogens with one attached hydrogen (secondary N) is 2. The Bertz CT molecular complexity index is 959. The van der Waals surface area contributed by atoms with Gasteiger partial charge in [0.2, 0.25) is 0 Å². The smallest absolute Gasteiger partial charge is 0.0898 e. The number of β-amino-alcohol motifs (C(OH)–C–C–N with tert-alkyl or cyclic N) is 1. The van der Waals surface area contributed by atoms with Gasteiger partial charge in [0.05, 0.1) is 24.5 Å². The lowest BCUT2D eigenvalue weighted by Gasteiger charge is -2.28. The van der Waals surface area contributed by atoms with E-state index in [2.05, 4.69) is 72.1 Å². The number of aliphatic hydroxyl groups excluding tert-OH is 1. The van der Waals surface area contributed by atoms with Gasteiger partial charge in [0.15, 0.2) is 0 Å². The highest BCUT2D eigenvalue weighted by Crippen LogP contribution is 2.21. The molecule has 0 radical (unpaired) electrons. The third-order valence-corrected chi connectivity index (χ3v) is 5.36. The first-order chi connectivity index (χ1) is 14.9. The summed E-state index contributed by atoms with van der Waals surface area (Å²) in [5.41, 5.74) is 5.06. The molecule has 31 heavy (non-hydrogen) atoms. The van der Waals surface area contributed by atoms with Crippen molar-refractivity contribution < 1.29 is 20.1 Å². The van der Waals surface area contributed by atoms with Crippen molar-refractivity contribution in [3.63, 3.8) is 0 Å². The minimum absolute atomic E-state index is 0.160. The van der Waals surface area contributed by atoms with E-state index in [-0.39, 0.29) is 18.2 Å². The van der Waals surface area contributed by atoms with Gasteiger partial charge in [0.25, 0.3) is 0 Å². The monoisotopic (exact) mass is 424 g/mol. The molecule has 3 rings (SSSR count). The molecule has 0 fully saturated rings. The highest BCUT2D eigenvalue weighted by atomic mass is 17.2. The van der Waals surface area contributed by atoms with Crippen LogP contribution >= 0.6 is 0 Å². The molecule has 0 aliphatic carbocycles. The van der Waals surface area contributed by atoms with Gasteiger partial charge in [-0.1, -0.05) is 54.6 Å². The Morgan fingerprint density at radius 3 is 2.39 bits per heavy atom. The molecule has 2 atom stereocenters. The van der Waals surface area contributed by atoms with Crippen LogP contribution in [0, 0.1) is 0 Å². The van der Waals surface area contributed by atoms with Crippen molar-refractivity contribution in [2.75, 3.05) is 18.6 Å². The molecule has 4 N–H and O–H groups in total. The van der Waals surface area contributed by atoms with Crippen LogP contribution in [0.1, 0.15) is 38.0 Å². The molecule has 0 aromatic heterocycles. The Hall–Kier alpha value is -2.48. The molecule has 3 aromatic rings. The van der Waals surface area contributed by atoms with Gasteiger partial charge in [-0.15, -0.1) is 4.99 Å². The summed E-state index contributed by atoms with van der Waals surface area (Å²) in [5, 5.41) is 24.7. The van der Waals surface area contributed by atoms with Crippen molar-refractivity contribution >= 4 is 16.5 Å². The van der Waals surface area contributed by atoms with Gasteiger partial charge < -0.3 is 15.2 Å². The first kappa shape index (κ1) is 23.2. The number of rotatable bonds is 11. The van der Waals surface area contributed by atoms with Crippen molar-refractivity contribution in [2.45, 2.75) is 44.9 Å². The van der Waals surface area contributed by atoms with Crippen LogP contribution in [0.5, 0.6) is 0 Å². The highest BCUT2D eigenvalue weighted by Gasteiger charge is 2.20. The zero-order valence-corrected chi connectivity index (χ0v) is 18.3. The third-order valence-electron chi connectivity index (χ3n) is 5.36. The molecule has 0 amide bonds. The van der Waals surface area contributed by atoms with E-state index in [0.29, 0.717) is 12.2 Å². The summed E-state index contributed by atoms with van der Waals surface area (Å²) >= 11 is 0. The number of anilines is 1. The van der Waals surface area contributed by atoms with Gasteiger partial charge in [0, 0.05) is 12.1 Å². The van der Waals surface area contributed by atoms with Crippen molar-refractivity contribution in [1.82, 2.24) is 5.32 Å². The van der Waals surface area contributed by atoms with E-state index in [1.807, 2.05) is 19.1 Å². The fourth-order valence-corrected chi connectivity index (χ4v) is 3.60. The fraction of sp³-hybridized carbons (Fsp3) is 0.360. The van der Waals surface area contributed by atoms with E-state index >= 15 is 0 Å². The van der Waals surface area contributed by atoms with E-state index < -0.39 is 6.10 Å². The molecule has 6 nitrogen and oxygen atoms in total. The predicted molar refractivity (Wildman–Crippen MR) is 124 cm³/mol. The van der Waals surface area contributed by atoms with Crippen molar-refractivity contribution in [1.29, 1.82) is 0 Å². The highest BCUT2D eigenvalue weighted by molar-refractivity contribution is 5.83. The second-order valence-electron chi connectivity index (χ2n) is 8.57. The van der Waals surface area contributed by atoms with Crippen molar-refractivity contribution in [2.24, 2.45) is 0 Å². The molecule has 0 aliphatic rings. The molecule has 0 saturated heterocycles. The Labute approximate surface area is 183 Å². The average Bonchev–Trinajstić information content (AvgIpc) is 2.76. The van der Waals surface area contributed by atoms with Crippen molar-refractivity contribution in [3.8, 4) is 0 Å². The van der Waals surface area contributed by atoms with Crippen LogP contribution in [-0.4, -0.2) is 35.2 Å². The van der Waals surface area contributed by atoms with Crippen LogP contribution in [-0.2, 0) is 16.1 Å². The SMILES string of the molecule is CC(OC[C@H](O)CNC(C)(C)Cc1ccc2ccccc2c1)c1ccc(NOO)cc1. The molecule has 1 unspecified atom stereocenters. The molecule has 3 aromatic carbocycles. The molecule has 0 bridgehead atoms. The maximum absolute atomic E-state index is 10.4. The van der Waals surface area contributed by atoms with Gasteiger partial charge >= 0.3 is 0 Å². The molecule has 0 saturated carbocycles. The van der Waals surface area contributed by atoms with Crippen LogP contribution in [0.4, 0.5) is 5.69 Å².